The summed E-state index contributed by atoms with van der Waals surface area (Å²) in [6, 6.07) is 0. The highest BCUT2D eigenvalue weighted by molar-refractivity contribution is 9.10. The lowest BCUT2D eigenvalue weighted by atomic mass is 10.2. The lowest BCUT2D eigenvalue weighted by Gasteiger charge is -2.18. The monoisotopic (exact) mass is 344 g/mol. The number of carbonyl (C=O) groups is 1. The molecular weight excluding hydrogens is 323 g/mol. The van der Waals surface area contributed by atoms with Gasteiger partial charge < -0.3 is 13.8 Å². The van der Waals surface area contributed by atoms with Crippen LogP contribution in [0.4, 0.5) is 0 Å². The number of hydrogen-bond acceptors (Lipinski definition) is 5. The van der Waals surface area contributed by atoms with Gasteiger partial charge in [0, 0.05) is 0 Å². The molecule has 0 heterocycles. The van der Waals surface area contributed by atoms with Gasteiger partial charge in [-0.05, 0) is 34.1 Å². The third kappa shape index (κ3) is 7.52. The van der Waals surface area contributed by atoms with Crippen LogP contribution in [-0.2, 0) is 23.1 Å². The molecule has 7 heteroatoms. The zero-order valence-electron chi connectivity index (χ0n) is 11.4. The average molecular weight is 345 g/mol. The lowest BCUT2D eigenvalue weighted by Crippen LogP contribution is -2.27. The van der Waals surface area contributed by atoms with Crippen molar-refractivity contribution >= 4 is 29.5 Å². The maximum absolute atomic E-state index is 12.1. The van der Waals surface area contributed by atoms with Gasteiger partial charge in [-0.15, -0.1) is 0 Å². The average Bonchev–Trinajstić information content (AvgIpc) is 2.23. The van der Waals surface area contributed by atoms with E-state index in [4.69, 9.17) is 13.8 Å². The van der Waals surface area contributed by atoms with Crippen molar-refractivity contribution in [3.05, 3.63) is 0 Å². The second-order valence-electron chi connectivity index (χ2n) is 4.13. The summed E-state index contributed by atoms with van der Waals surface area (Å²) in [7, 11) is -3.02. The number of rotatable bonds is 9. The molecule has 0 aromatic rings. The molecule has 0 N–H and O–H groups in total. The van der Waals surface area contributed by atoms with Gasteiger partial charge in [0.15, 0.2) is 0 Å². The minimum Gasteiger partial charge on any atom is -0.465 e. The zero-order chi connectivity index (χ0) is 14.2. The van der Waals surface area contributed by atoms with Gasteiger partial charge in [0.1, 0.15) is 4.32 Å². The highest BCUT2D eigenvalue weighted by Crippen LogP contribution is 2.48. The Hall–Kier alpha value is 0.1000. The van der Waals surface area contributed by atoms with E-state index in [1.165, 1.54) is 0 Å². The van der Waals surface area contributed by atoms with E-state index < -0.39 is 11.9 Å². The molecule has 0 saturated heterocycles. The second-order valence-corrected chi connectivity index (χ2v) is 8.30. The quantitative estimate of drug-likeness (QED) is 0.278. The minimum absolute atomic E-state index is 0.206. The Balaban J connectivity index is 4.02. The van der Waals surface area contributed by atoms with Crippen molar-refractivity contribution in [3.8, 4) is 0 Å². The number of alkyl halides is 1. The van der Waals surface area contributed by atoms with Crippen LogP contribution in [0.15, 0.2) is 0 Å². The van der Waals surface area contributed by atoms with Gasteiger partial charge in [0.05, 0.1) is 26.0 Å². The Labute approximate surface area is 117 Å². The molecule has 0 aromatic heterocycles. The van der Waals surface area contributed by atoms with Crippen LogP contribution in [0.5, 0.6) is 0 Å². The summed E-state index contributed by atoms with van der Waals surface area (Å²) in [6.45, 7) is 7.83. The summed E-state index contributed by atoms with van der Waals surface area (Å²) in [4.78, 5) is 11.4. The molecule has 0 unspecified atom stereocenters. The van der Waals surface area contributed by atoms with Crippen LogP contribution in [0.1, 0.15) is 34.1 Å². The van der Waals surface area contributed by atoms with Crippen molar-refractivity contribution in [2.75, 3.05) is 26.0 Å². The molecule has 0 fully saturated rings. The second kappa shape index (κ2) is 8.31. The summed E-state index contributed by atoms with van der Waals surface area (Å²) in [5.74, 6) is -0.342. The molecule has 0 aliphatic carbocycles. The topological polar surface area (TPSA) is 61.8 Å². The first kappa shape index (κ1) is 18.1. The van der Waals surface area contributed by atoms with Gasteiger partial charge in [-0.2, -0.15) is 0 Å². The van der Waals surface area contributed by atoms with Crippen molar-refractivity contribution in [2.24, 2.45) is 0 Å². The van der Waals surface area contributed by atoms with Crippen LogP contribution in [-0.4, -0.2) is 36.3 Å². The van der Waals surface area contributed by atoms with Crippen molar-refractivity contribution in [1.82, 2.24) is 0 Å². The lowest BCUT2D eigenvalue weighted by molar-refractivity contribution is -0.145. The van der Waals surface area contributed by atoms with Crippen molar-refractivity contribution in [3.63, 3.8) is 0 Å². The SMILES string of the molecule is CCOP(=O)(CCCOC(=O)C(C)(C)Br)OCC. The van der Waals surface area contributed by atoms with Crippen LogP contribution in [0.2, 0.25) is 0 Å². The minimum atomic E-state index is -3.02. The summed E-state index contributed by atoms with van der Waals surface area (Å²) in [6.07, 6.45) is 0.705. The first-order valence-corrected chi connectivity index (χ1v) is 8.51. The van der Waals surface area contributed by atoms with Gasteiger partial charge in [0.25, 0.3) is 0 Å². The first-order valence-electron chi connectivity index (χ1n) is 5.99. The number of carbonyl (C=O) groups excluding carboxylic acids is 1. The van der Waals surface area contributed by atoms with E-state index in [1.54, 1.807) is 27.7 Å². The fourth-order valence-corrected chi connectivity index (χ4v) is 2.90. The highest BCUT2D eigenvalue weighted by Gasteiger charge is 2.26. The predicted molar refractivity (Wildman–Crippen MR) is 74.3 cm³/mol. The maximum atomic E-state index is 12.1. The Bertz CT molecular complexity index is 290. The van der Waals surface area contributed by atoms with E-state index >= 15 is 0 Å². The molecule has 0 saturated carbocycles. The zero-order valence-corrected chi connectivity index (χ0v) is 13.9. The fraction of sp³-hybridized carbons (Fsp3) is 0.909. The molecule has 0 amide bonds. The molecule has 0 aromatic carbocycles. The molecule has 0 atom stereocenters. The number of hydrogen-bond donors (Lipinski definition) is 0. The Morgan fingerprint density at radius 1 is 1.22 bits per heavy atom. The molecule has 5 nitrogen and oxygen atoms in total. The fourth-order valence-electron chi connectivity index (χ4n) is 1.15. The molecule has 0 aliphatic rings. The van der Waals surface area contributed by atoms with E-state index in [1.807, 2.05) is 0 Å². The van der Waals surface area contributed by atoms with E-state index in [-0.39, 0.29) is 18.7 Å². The van der Waals surface area contributed by atoms with Crippen LogP contribution in [0.3, 0.4) is 0 Å². The Morgan fingerprint density at radius 2 is 1.72 bits per heavy atom. The van der Waals surface area contributed by atoms with Crippen LogP contribution in [0.25, 0.3) is 0 Å². The van der Waals surface area contributed by atoms with Crippen LogP contribution in [0, 0.1) is 0 Å². The Kier molecular flexibility index (Phi) is 8.35. The van der Waals surface area contributed by atoms with Gasteiger partial charge in [-0.3, -0.25) is 9.36 Å². The van der Waals surface area contributed by atoms with Gasteiger partial charge in [0.2, 0.25) is 0 Å². The molecule has 0 aliphatic heterocycles. The number of ether oxygens (including phenoxy) is 1. The van der Waals surface area contributed by atoms with E-state index in [9.17, 15) is 9.36 Å². The van der Waals surface area contributed by atoms with Crippen LogP contribution >= 0.6 is 23.5 Å². The third-order valence-corrected chi connectivity index (χ3v) is 4.44. The third-order valence-electron chi connectivity index (χ3n) is 1.95. The number of esters is 1. The first-order chi connectivity index (χ1) is 8.25. The van der Waals surface area contributed by atoms with Crippen LogP contribution < -0.4 is 0 Å². The maximum Gasteiger partial charge on any atom is 0.330 e. The Morgan fingerprint density at radius 3 is 2.11 bits per heavy atom. The smallest absolute Gasteiger partial charge is 0.330 e. The standard InChI is InChI=1S/C11H22BrO5P/c1-5-16-18(14,17-6-2)9-7-8-15-10(13)11(3,4)12/h5-9H2,1-4H3. The summed E-state index contributed by atoms with van der Waals surface area (Å²) < 4.78 is 26.7. The molecular formula is C11H22BrO5P. The molecule has 108 valence electrons. The largest absolute Gasteiger partial charge is 0.465 e. The van der Waals surface area contributed by atoms with E-state index in [0.29, 0.717) is 19.6 Å². The molecule has 0 radical (unpaired) electrons. The van der Waals surface area contributed by atoms with E-state index in [2.05, 4.69) is 15.9 Å². The molecule has 0 bridgehead atoms. The van der Waals surface area contributed by atoms with Gasteiger partial charge >= 0.3 is 13.6 Å². The van der Waals surface area contributed by atoms with Crippen molar-refractivity contribution in [2.45, 2.75) is 38.4 Å². The van der Waals surface area contributed by atoms with Crippen molar-refractivity contribution < 1.29 is 23.1 Å². The molecule has 18 heavy (non-hydrogen) atoms. The number of halogens is 1. The molecule has 0 rings (SSSR count). The van der Waals surface area contributed by atoms with Gasteiger partial charge in [-0.25, -0.2) is 0 Å². The molecule has 0 spiro atoms. The van der Waals surface area contributed by atoms with E-state index in [0.717, 1.165) is 0 Å². The summed E-state index contributed by atoms with van der Waals surface area (Å²) in [5.41, 5.74) is 0. The van der Waals surface area contributed by atoms with Crippen molar-refractivity contribution in [1.29, 1.82) is 0 Å². The summed E-state index contributed by atoms with van der Waals surface area (Å²) >= 11 is 3.21. The summed E-state index contributed by atoms with van der Waals surface area (Å²) in [5, 5.41) is 0. The predicted octanol–water partition coefficient (Wildman–Crippen LogP) is 3.36. The normalized spacial score (nSPS) is 12.5. The highest BCUT2D eigenvalue weighted by atomic mass is 79.9. The van der Waals surface area contributed by atoms with Gasteiger partial charge in [-0.1, -0.05) is 15.9 Å².